The van der Waals surface area contributed by atoms with E-state index < -0.39 is 0 Å². The summed E-state index contributed by atoms with van der Waals surface area (Å²) in [6, 6.07) is 0.150. The van der Waals surface area contributed by atoms with Gasteiger partial charge in [0.25, 0.3) is 0 Å². The molecule has 0 aliphatic heterocycles. The molecule has 0 saturated heterocycles. The fraction of sp³-hybridized carbons (Fsp3) is 0.929. The summed E-state index contributed by atoms with van der Waals surface area (Å²) in [5.74, 6) is 1.04. The van der Waals surface area contributed by atoms with Crippen LogP contribution in [0.4, 0.5) is 0 Å². The summed E-state index contributed by atoms with van der Waals surface area (Å²) in [6.07, 6.45) is 11.9. The molecular formula is C14H25NO. The van der Waals surface area contributed by atoms with Crippen LogP contribution in [-0.4, -0.2) is 11.8 Å². The molecule has 2 unspecified atom stereocenters. The molecule has 2 saturated carbocycles. The second kappa shape index (κ2) is 5.81. The monoisotopic (exact) mass is 223 g/mol. The first-order chi connectivity index (χ1) is 7.79. The van der Waals surface area contributed by atoms with Gasteiger partial charge in [-0.2, -0.15) is 0 Å². The van der Waals surface area contributed by atoms with Crippen molar-refractivity contribution in [3.63, 3.8) is 0 Å². The lowest BCUT2D eigenvalue weighted by Gasteiger charge is -2.27. The maximum atomic E-state index is 12.4. The van der Waals surface area contributed by atoms with Crippen LogP contribution in [0.5, 0.6) is 0 Å². The van der Waals surface area contributed by atoms with E-state index in [2.05, 4.69) is 0 Å². The van der Waals surface area contributed by atoms with Crippen LogP contribution in [0, 0.1) is 11.8 Å². The van der Waals surface area contributed by atoms with E-state index in [9.17, 15) is 4.79 Å². The second-order valence-corrected chi connectivity index (χ2v) is 5.65. The maximum absolute atomic E-state index is 12.4. The summed E-state index contributed by atoms with van der Waals surface area (Å²) in [7, 11) is 0. The number of ketones is 1. The lowest BCUT2D eigenvalue weighted by Crippen LogP contribution is -2.38. The average molecular weight is 223 g/mol. The number of Topliss-reactive ketones (excluding diaryl/α,β-unsaturated/α-hetero) is 1. The van der Waals surface area contributed by atoms with Crippen molar-refractivity contribution >= 4 is 5.78 Å². The van der Waals surface area contributed by atoms with Crippen LogP contribution in [0.1, 0.15) is 64.2 Å². The summed E-state index contributed by atoms with van der Waals surface area (Å²) in [4.78, 5) is 12.4. The van der Waals surface area contributed by atoms with Crippen molar-refractivity contribution < 1.29 is 4.79 Å². The molecule has 0 heterocycles. The zero-order valence-corrected chi connectivity index (χ0v) is 10.3. The van der Waals surface area contributed by atoms with Gasteiger partial charge in [0.2, 0.25) is 0 Å². The van der Waals surface area contributed by atoms with Gasteiger partial charge in [-0.3, -0.25) is 4.79 Å². The first-order valence-electron chi connectivity index (χ1n) is 7.08. The smallest absolute Gasteiger partial charge is 0.140 e. The molecule has 2 heteroatoms. The van der Waals surface area contributed by atoms with Crippen molar-refractivity contribution in [1.29, 1.82) is 0 Å². The third kappa shape index (κ3) is 2.85. The highest BCUT2D eigenvalue weighted by molar-refractivity contribution is 5.84. The van der Waals surface area contributed by atoms with Crippen LogP contribution in [0.15, 0.2) is 0 Å². The van der Waals surface area contributed by atoms with Crippen LogP contribution in [-0.2, 0) is 4.79 Å². The van der Waals surface area contributed by atoms with E-state index in [0.717, 1.165) is 25.7 Å². The third-order valence-corrected chi connectivity index (χ3v) is 4.44. The number of carbonyl (C=O) groups is 1. The summed E-state index contributed by atoms with van der Waals surface area (Å²) in [5.41, 5.74) is 6.17. The first kappa shape index (κ1) is 12.1. The molecule has 0 radical (unpaired) electrons. The molecule has 0 aromatic heterocycles. The van der Waals surface area contributed by atoms with Gasteiger partial charge >= 0.3 is 0 Å². The highest BCUT2D eigenvalue weighted by Crippen LogP contribution is 2.31. The van der Waals surface area contributed by atoms with Gasteiger partial charge in [-0.25, -0.2) is 0 Å². The fourth-order valence-electron chi connectivity index (χ4n) is 3.38. The van der Waals surface area contributed by atoms with Crippen molar-refractivity contribution in [2.75, 3.05) is 0 Å². The van der Waals surface area contributed by atoms with E-state index in [1.807, 2.05) is 0 Å². The van der Waals surface area contributed by atoms with E-state index >= 15 is 0 Å². The second-order valence-electron chi connectivity index (χ2n) is 5.65. The highest BCUT2D eigenvalue weighted by atomic mass is 16.1. The number of hydrogen-bond donors (Lipinski definition) is 1. The largest absolute Gasteiger partial charge is 0.327 e. The third-order valence-electron chi connectivity index (χ3n) is 4.44. The molecule has 0 aromatic rings. The predicted molar refractivity (Wildman–Crippen MR) is 66.1 cm³/mol. The van der Waals surface area contributed by atoms with E-state index in [1.54, 1.807) is 0 Å². The molecular weight excluding hydrogens is 198 g/mol. The molecule has 2 aliphatic rings. The Kier molecular flexibility index (Phi) is 4.39. The van der Waals surface area contributed by atoms with Crippen molar-refractivity contribution in [3.8, 4) is 0 Å². The topological polar surface area (TPSA) is 43.1 Å². The normalized spacial score (nSPS) is 33.3. The number of hydrogen-bond acceptors (Lipinski definition) is 2. The molecule has 2 nitrogen and oxygen atoms in total. The minimum absolute atomic E-state index is 0.150. The zero-order valence-electron chi connectivity index (χ0n) is 10.3. The quantitative estimate of drug-likeness (QED) is 0.731. The molecule has 0 spiro atoms. The molecule has 16 heavy (non-hydrogen) atoms. The molecule has 0 amide bonds. The minimum Gasteiger partial charge on any atom is -0.327 e. The van der Waals surface area contributed by atoms with Gasteiger partial charge in [0.1, 0.15) is 5.78 Å². The minimum atomic E-state index is 0.150. The lowest BCUT2D eigenvalue weighted by molar-refractivity contribution is -0.128. The van der Waals surface area contributed by atoms with Crippen LogP contribution in [0.2, 0.25) is 0 Å². The molecule has 0 aromatic carbocycles. The Bertz CT molecular complexity index is 233. The molecule has 2 atom stereocenters. The van der Waals surface area contributed by atoms with Crippen molar-refractivity contribution in [1.82, 2.24) is 0 Å². The summed E-state index contributed by atoms with van der Waals surface area (Å²) in [5, 5.41) is 0. The van der Waals surface area contributed by atoms with Crippen LogP contribution >= 0.6 is 0 Å². The molecule has 2 N–H and O–H groups in total. The number of carbonyl (C=O) groups excluding carboxylic acids is 1. The van der Waals surface area contributed by atoms with Gasteiger partial charge in [-0.15, -0.1) is 0 Å². The van der Waals surface area contributed by atoms with Gasteiger partial charge in [-0.05, 0) is 25.7 Å². The molecule has 0 bridgehead atoms. The fourth-order valence-corrected chi connectivity index (χ4v) is 3.38. The van der Waals surface area contributed by atoms with Crippen molar-refractivity contribution in [2.24, 2.45) is 17.6 Å². The van der Waals surface area contributed by atoms with Gasteiger partial charge in [-0.1, -0.05) is 38.5 Å². The Labute approximate surface area is 99.0 Å². The Morgan fingerprint density at radius 1 is 0.812 bits per heavy atom. The van der Waals surface area contributed by atoms with E-state index in [1.165, 1.54) is 38.5 Å². The Hall–Kier alpha value is -0.370. The SMILES string of the molecule is NC1CCCCCC1C(=O)C1CCCCC1. The Balaban J connectivity index is 1.95. The van der Waals surface area contributed by atoms with Gasteiger partial charge in [0.05, 0.1) is 0 Å². The maximum Gasteiger partial charge on any atom is 0.140 e. The van der Waals surface area contributed by atoms with E-state index in [-0.39, 0.29) is 12.0 Å². The summed E-state index contributed by atoms with van der Waals surface area (Å²) < 4.78 is 0. The van der Waals surface area contributed by atoms with Crippen molar-refractivity contribution in [2.45, 2.75) is 70.3 Å². The molecule has 92 valence electrons. The molecule has 2 aliphatic carbocycles. The van der Waals surface area contributed by atoms with E-state index in [0.29, 0.717) is 11.7 Å². The van der Waals surface area contributed by atoms with Crippen LogP contribution < -0.4 is 5.73 Å². The van der Waals surface area contributed by atoms with Gasteiger partial charge in [0.15, 0.2) is 0 Å². The van der Waals surface area contributed by atoms with E-state index in [4.69, 9.17) is 5.73 Å². The standard InChI is InChI=1S/C14H25NO/c15-13-10-6-2-5-9-12(13)14(16)11-7-3-1-4-8-11/h11-13H,1-10,15H2. The first-order valence-corrected chi connectivity index (χ1v) is 7.08. The number of rotatable bonds is 2. The summed E-state index contributed by atoms with van der Waals surface area (Å²) in [6.45, 7) is 0. The average Bonchev–Trinajstić information content (AvgIpc) is 2.54. The van der Waals surface area contributed by atoms with Crippen molar-refractivity contribution in [3.05, 3.63) is 0 Å². The zero-order chi connectivity index (χ0) is 11.4. The van der Waals surface area contributed by atoms with Gasteiger partial charge in [0, 0.05) is 17.9 Å². The Morgan fingerprint density at radius 2 is 1.38 bits per heavy atom. The van der Waals surface area contributed by atoms with Gasteiger partial charge < -0.3 is 5.73 Å². The summed E-state index contributed by atoms with van der Waals surface area (Å²) >= 11 is 0. The highest BCUT2D eigenvalue weighted by Gasteiger charge is 2.32. The lowest BCUT2D eigenvalue weighted by atomic mass is 9.78. The van der Waals surface area contributed by atoms with Crippen LogP contribution in [0.25, 0.3) is 0 Å². The molecule has 2 fully saturated rings. The predicted octanol–water partition coefficient (Wildman–Crippen LogP) is 3.04. The number of nitrogens with two attached hydrogens (primary N) is 1. The molecule has 2 rings (SSSR count). The van der Waals surface area contributed by atoms with Crippen LogP contribution in [0.3, 0.4) is 0 Å². The Morgan fingerprint density at radius 3 is 2.06 bits per heavy atom.